The van der Waals surface area contributed by atoms with Gasteiger partial charge >= 0.3 is 0 Å². The molecule has 4 nitrogen and oxygen atoms in total. The Balaban J connectivity index is 1.35. The average molecular weight is 543 g/mol. The van der Waals surface area contributed by atoms with Gasteiger partial charge in [0, 0.05) is 44.3 Å². The van der Waals surface area contributed by atoms with Gasteiger partial charge in [0.2, 0.25) is 0 Å². The van der Waals surface area contributed by atoms with Gasteiger partial charge in [0.15, 0.2) is 17.5 Å². The summed E-state index contributed by atoms with van der Waals surface area (Å²) in [4.78, 5) is 21.0. The number of hydrogen-bond acceptors (Lipinski definition) is 5. The fourth-order valence-corrected chi connectivity index (χ4v) is 6.52. The van der Waals surface area contributed by atoms with Crippen LogP contribution in [0.3, 0.4) is 0 Å². The second kappa shape index (κ2) is 9.81. The van der Waals surface area contributed by atoms with Gasteiger partial charge in [-0.1, -0.05) is 121 Å². The van der Waals surface area contributed by atoms with Crippen LogP contribution in [0.2, 0.25) is 0 Å². The maximum absolute atomic E-state index is 5.09. The van der Waals surface area contributed by atoms with Crippen LogP contribution >= 0.6 is 11.8 Å². The van der Waals surface area contributed by atoms with Crippen molar-refractivity contribution in [1.29, 1.82) is 0 Å². The number of fused-ring (bicyclic) bond motifs is 2. The lowest BCUT2D eigenvalue weighted by molar-refractivity contribution is 1.07. The highest BCUT2D eigenvalue weighted by atomic mass is 32.2. The van der Waals surface area contributed by atoms with Crippen LogP contribution < -0.4 is 0 Å². The Morgan fingerprint density at radius 1 is 0.439 bits per heavy atom. The quantitative estimate of drug-likeness (QED) is 0.222. The fraction of sp³-hybridized carbons (Fsp3) is 0. The average Bonchev–Trinajstić information content (AvgIpc) is 3.06. The van der Waals surface area contributed by atoms with E-state index in [2.05, 4.69) is 84.9 Å². The number of benzene rings is 5. The molecule has 5 aromatic carbocycles. The third-order valence-corrected chi connectivity index (χ3v) is 8.49. The normalized spacial score (nSPS) is 11.8. The van der Waals surface area contributed by atoms with Gasteiger partial charge in [0.1, 0.15) is 5.03 Å². The third-order valence-electron chi connectivity index (χ3n) is 7.41. The van der Waals surface area contributed by atoms with E-state index in [0.29, 0.717) is 17.5 Å². The largest absolute Gasteiger partial charge is 0.249 e. The molecule has 0 amide bonds. The van der Waals surface area contributed by atoms with Crippen molar-refractivity contribution in [3.63, 3.8) is 0 Å². The molecule has 41 heavy (non-hydrogen) atoms. The first-order valence-corrected chi connectivity index (χ1v) is 14.3. The summed E-state index contributed by atoms with van der Waals surface area (Å²) in [6, 6.07) is 43.8. The summed E-state index contributed by atoms with van der Waals surface area (Å²) < 4.78 is 0. The first-order chi connectivity index (χ1) is 20.3. The maximum atomic E-state index is 5.09. The molecule has 8 rings (SSSR count). The number of aromatic nitrogens is 4. The Hall–Kier alpha value is -5.13. The van der Waals surface area contributed by atoms with Gasteiger partial charge in [-0.3, -0.25) is 0 Å². The molecule has 0 N–H and O–H groups in total. The van der Waals surface area contributed by atoms with Crippen LogP contribution in [-0.2, 0) is 0 Å². The lowest BCUT2D eigenvalue weighted by atomic mass is 9.93. The van der Waals surface area contributed by atoms with Crippen molar-refractivity contribution in [3.05, 3.63) is 134 Å². The molecule has 0 atom stereocenters. The van der Waals surface area contributed by atoms with Crippen LogP contribution in [-0.4, -0.2) is 19.9 Å². The van der Waals surface area contributed by atoms with Crippen LogP contribution in [0.15, 0.2) is 144 Å². The lowest BCUT2D eigenvalue weighted by Crippen LogP contribution is -2.03. The minimum Gasteiger partial charge on any atom is -0.249 e. The van der Waals surface area contributed by atoms with Crippen molar-refractivity contribution in [2.75, 3.05) is 0 Å². The topological polar surface area (TPSA) is 51.6 Å². The van der Waals surface area contributed by atoms with Crippen LogP contribution in [0, 0.1) is 0 Å². The highest BCUT2D eigenvalue weighted by Gasteiger charge is 2.25. The molecule has 0 spiro atoms. The molecule has 7 aromatic rings. The molecule has 0 unspecified atom stereocenters. The van der Waals surface area contributed by atoms with Crippen molar-refractivity contribution >= 4 is 22.5 Å². The van der Waals surface area contributed by atoms with E-state index in [1.165, 1.54) is 21.2 Å². The Morgan fingerprint density at radius 2 is 1.07 bits per heavy atom. The molecule has 0 bridgehead atoms. The van der Waals surface area contributed by atoms with E-state index < -0.39 is 0 Å². The molecule has 5 heteroatoms. The van der Waals surface area contributed by atoms with Crippen molar-refractivity contribution in [2.24, 2.45) is 0 Å². The van der Waals surface area contributed by atoms with Gasteiger partial charge in [-0.2, -0.15) is 0 Å². The van der Waals surface area contributed by atoms with Crippen molar-refractivity contribution in [2.45, 2.75) is 9.92 Å². The van der Waals surface area contributed by atoms with Gasteiger partial charge in [0.05, 0.1) is 0 Å². The van der Waals surface area contributed by atoms with Crippen molar-refractivity contribution < 1.29 is 0 Å². The molecule has 0 saturated heterocycles. The van der Waals surface area contributed by atoms with Crippen molar-refractivity contribution in [3.8, 4) is 56.4 Å². The minimum atomic E-state index is 0.644. The Labute approximate surface area is 241 Å². The molecule has 0 aliphatic carbocycles. The molecule has 0 fully saturated rings. The van der Waals surface area contributed by atoms with Crippen LogP contribution in [0.5, 0.6) is 0 Å². The van der Waals surface area contributed by atoms with E-state index in [1.807, 2.05) is 48.7 Å². The predicted molar refractivity (Wildman–Crippen MR) is 166 cm³/mol. The molecular formula is C36H22N4S. The van der Waals surface area contributed by atoms with Crippen molar-refractivity contribution in [1.82, 2.24) is 19.9 Å². The first-order valence-electron chi connectivity index (χ1n) is 13.5. The highest BCUT2D eigenvalue weighted by molar-refractivity contribution is 7.99. The predicted octanol–water partition coefficient (Wildman–Crippen LogP) is 9.22. The van der Waals surface area contributed by atoms with Gasteiger partial charge in [-0.15, -0.1) is 0 Å². The smallest absolute Gasteiger partial charge is 0.164 e. The molecule has 0 saturated carbocycles. The zero-order valence-electron chi connectivity index (χ0n) is 21.9. The number of rotatable bonds is 4. The summed E-state index contributed by atoms with van der Waals surface area (Å²) in [5.74, 6) is 1.94. The molecule has 2 aromatic heterocycles. The SMILES string of the molecule is c1ccc(-c2ccc(-c3nc(-c4ccccc4)nc(-c4ccc5cccc6c5c4-c4cccnc4S6)n3)cc2)cc1. The van der Waals surface area contributed by atoms with E-state index in [-0.39, 0.29) is 0 Å². The molecule has 0 radical (unpaired) electrons. The second-order valence-corrected chi connectivity index (χ2v) is 10.9. The zero-order chi connectivity index (χ0) is 27.2. The number of hydrogen-bond donors (Lipinski definition) is 0. The van der Waals surface area contributed by atoms with Crippen LogP contribution in [0.4, 0.5) is 0 Å². The molecule has 3 heterocycles. The number of nitrogens with zero attached hydrogens (tertiary/aromatic N) is 4. The summed E-state index contributed by atoms with van der Waals surface area (Å²) in [5, 5.41) is 3.40. The summed E-state index contributed by atoms with van der Waals surface area (Å²) >= 11 is 1.71. The van der Waals surface area contributed by atoms with Crippen LogP contribution in [0.25, 0.3) is 67.2 Å². The van der Waals surface area contributed by atoms with E-state index >= 15 is 0 Å². The van der Waals surface area contributed by atoms with Gasteiger partial charge < -0.3 is 0 Å². The van der Waals surface area contributed by atoms with Gasteiger partial charge in [-0.05, 0) is 34.7 Å². The molecule has 192 valence electrons. The second-order valence-electron chi connectivity index (χ2n) is 9.92. The maximum Gasteiger partial charge on any atom is 0.164 e. The number of pyridine rings is 1. The van der Waals surface area contributed by atoms with E-state index in [0.717, 1.165) is 38.4 Å². The highest BCUT2D eigenvalue weighted by Crippen LogP contribution is 2.50. The Morgan fingerprint density at radius 3 is 1.83 bits per heavy atom. The van der Waals surface area contributed by atoms with E-state index in [1.54, 1.807) is 11.8 Å². The van der Waals surface area contributed by atoms with Crippen LogP contribution in [0.1, 0.15) is 0 Å². The molecule has 1 aliphatic rings. The summed E-state index contributed by atoms with van der Waals surface area (Å²) in [7, 11) is 0. The molecule has 1 aliphatic heterocycles. The summed E-state index contributed by atoms with van der Waals surface area (Å²) in [6.45, 7) is 0. The monoisotopic (exact) mass is 542 g/mol. The van der Waals surface area contributed by atoms with Gasteiger partial charge in [-0.25, -0.2) is 19.9 Å². The Bertz CT molecular complexity index is 2060. The lowest BCUT2D eigenvalue weighted by Gasteiger charge is -2.22. The summed E-state index contributed by atoms with van der Waals surface area (Å²) in [6.07, 6.45) is 1.85. The first kappa shape index (κ1) is 23.7. The summed E-state index contributed by atoms with van der Waals surface area (Å²) in [5.41, 5.74) is 7.42. The zero-order valence-corrected chi connectivity index (χ0v) is 22.7. The minimum absolute atomic E-state index is 0.644. The molecular weight excluding hydrogens is 520 g/mol. The van der Waals surface area contributed by atoms with E-state index in [4.69, 9.17) is 19.9 Å². The Kier molecular flexibility index (Phi) is 5.68. The van der Waals surface area contributed by atoms with Gasteiger partial charge in [0.25, 0.3) is 0 Å². The fourth-order valence-electron chi connectivity index (χ4n) is 5.45. The standard InChI is InChI=1S/C36H22N4S/c1-3-9-23(10-4-1)24-16-18-27(19-17-24)34-38-33(26-11-5-2-6-12-26)39-35(40-34)28-21-20-25-13-7-15-30-31(25)32(28)29-14-8-22-37-36(29)41-30/h1-22H. The third kappa shape index (κ3) is 4.19. The van der Waals surface area contributed by atoms with E-state index in [9.17, 15) is 0 Å².